The van der Waals surface area contributed by atoms with Gasteiger partial charge in [-0.05, 0) is 12.2 Å². The normalized spacial score (nSPS) is 22.7. The highest BCUT2D eigenvalue weighted by Crippen LogP contribution is 2.28. The predicted molar refractivity (Wildman–Crippen MR) is 51.1 cm³/mol. The van der Waals surface area contributed by atoms with Gasteiger partial charge in [-0.3, -0.25) is 4.79 Å². The lowest BCUT2D eigenvalue weighted by molar-refractivity contribution is -0.108. The number of ether oxygens (including phenoxy) is 1. The van der Waals surface area contributed by atoms with Crippen LogP contribution in [0.2, 0.25) is 0 Å². The summed E-state index contributed by atoms with van der Waals surface area (Å²) in [5.74, 6) is 0.561. The van der Waals surface area contributed by atoms with Gasteiger partial charge in [-0.25, -0.2) is 9.98 Å². The molecule has 0 aromatic carbocycles. The zero-order chi connectivity index (χ0) is 9.54. The number of hydrogen-bond acceptors (Lipinski definition) is 4. The molecule has 0 radical (unpaired) electrons. The van der Waals surface area contributed by atoms with E-state index in [2.05, 4.69) is 9.98 Å². The van der Waals surface area contributed by atoms with Gasteiger partial charge < -0.3 is 4.74 Å². The summed E-state index contributed by atoms with van der Waals surface area (Å²) in [7, 11) is 0. The fourth-order valence-corrected chi connectivity index (χ4v) is 1.61. The highest BCUT2D eigenvalue weighted by molar-refractivity contribution is 6.52. The summed E-state index contributed by atoms with van der Waals surface area (Å²) < 4.78 is 5.42. The van der Waals surface area contributed by atoms with Crippen molar-refractivity contribution in [2.75, 3.05) is 6.61 Å². The zero-order valence-corrected chi connectivity index (χ0v) is 7.23. The molecule has 0 spiro atoms. The van der Waals surface area contributed by atoms with E-state index in [9.17, 15) is 4.79 Å². The highest BCUT2D eigenvalue weighted by Gasteiger charge is 2.29. The maximum Gasteiger partial charge on any atom is 0.207 e. The van der Waals surface area contributed by atoms with E-state index in [4.69, 9.17) is 4.74 Å². The van der Waals surface area contributed by atoms with Crippen LogP contribution in [0.4, 0.5) is 0 Å². The van der Waals surface area contributed by atoms with E-state index in [1.165, 1.54) is 12.4 Å². The monoisotopic (exact) mass is 186 g/mol. The second kappa shape index (κ2) is 2.51. The summed E-state index contributed by atoms with van der Waals surface area (Å²) >= 11 is 0. The van der Waals surface area contributed by atoms with Crippen molar-refractivity contribution in [3.63, 3.8) is 0 Å². The van der Waals surface area contributed by atoms with Crippen LogP contribution in [0.3, 0.4) is 0 Å². The number of carbonyl (C=O) groups is 1. The Kier molecular flexibility index (Phi) is 1.33. The highest BCUT2D eigenvalue weighted by atomic mass is 16.5. The molecule has 0 atom stereocenters. The van der Waals surface area contributed by atoms with Crippen LogP contribution < -0.4 is 0 Å². The van der Waals surface area contributed by atoms with Crippen molar-refractivity contribution in [1.82, 2.24) is 0 Å². The first-order valence-corrected chi connectivity index (χ1v) is 4.27. The molecule has 68 valence electrons. The first-order valence-electron chi connectivity index (χ1n) is 4.27. The number of carbonyl (C=O) groups excluding carboxylic acids is 1. The van der Waals surface area contributed by atoms with E-state index in [1.54, 1.807) is 0 Å². The summed E-state index contributed by atoms with van der Waals surface area (Å²) in [5.41, 5.74) is 1.74. The van der Waals surface area contributed by atoms with E-state index < -0.39 is 0 Å². The van der Waals surface area contributed by atoms with Crippen LogP contribution in [0.15, 0.2) is 45.2 Å². The van der Waals surface area contributed by atoms with Crippen LogP contribution in [0.1, 0.15) is 0 Å². The fraction of sp³-hybridized carbons (Fsp3) is 0.100. The van der Waals surface area contributed by atoms with Gasteiger partial charge in [0.05, 0.1) is 0 Å². The summed E-state index contributed by atoms with van der Waals surface area (Å²) in [5, 5.41) is 0. The lowest BCUT2D eigenvalue weighted by atomic mass is 9.98. The van der Waals surface area contributed by atoms with Gasteiger partial charge >= 0.3 is 0 Å². The zero-order valence-electron chi connectivity index (χ0n) is 7.23. The smallest absolute Gasteiger partial charge is 0.207 e. The number of rotatable bonds is 0. The topological polar surface area (TPSA) is 51.0 Å². The predicted octanol–water partition coefficient (Wildman–Crippen LogP) is 0.776. The van der Waals surface area contributed by atoms with Gasteiger partial charge in [0.25, 0.3) is 0 Å². The Bertz CT molecular complexity index is 478. The molecule has 0 unspecified atom stereocenters. The Balaban J connectivity index is 2.25. The molecule has 2 heterocycles. The molecule has 1 aliphatic carbocycles. The van der Waals surface area contributed by atoms with Gasteiger partial charge in [0.1, 0.15) is 24.4 Å². The second-order valence-electron chi connectivity index (χ2n) is 3.08. The molecule has 0 amide bonds. The van der Waals surface area contributed by atoms with Crippen LogP contribution in [-0.4, -0.2) is 24.4 Å². The Morgan fingerprint density at radius 2 is 2.36 bits per heavy atom. The van der Waals surface area contributed by atoms with E-state index in [1.807, 2.05) is 12.2 Å². The number of aliphatic imine (C=N–C) groups is 2. The minimum Gasteiger partial charge on any atom is -0.487 e. The molecular formula is C10H6N2O2. The van der Waals surface area contributed by atoms with Crippen molar-refractivity contribution in [2.24, 2.45) is 9.98 Å². The maximum absolute atomic E-state index is 11.5. The summed E-state index contributed by atoms with van der Waals surface area (Å²) in [4.78, 5) is 19.4. The molecular weight excluding hydrogens is 180 g/mol. The van der Waals surface area contributed by atoms with Crippen LogP contribution in [0.5, 0.6) is 0 Å². The Morgan fingerprint density at radius 1 is 1.43 bits per heavy atom. The van der Waals surface area contributed by atoms with Crippen LogP contribution in [-0.2, 0) is 9.53 Å². The van der Waals surface area contributed by atoms with Crippen molar-refractivity contribution >= 4 is 17.8 Å². The van der Waals surface area contributed by atoms with Crippen LogP contribution in [0, 0.1) is 0 Å². The van der Waals surface area contributed by atoms with E-state index in [0.717, 1.165) is 5.57 Å². The molecule has 0 aromatic heterocycles. The van der Waals surface area contributed by atoms with Crippen molar-refractivity contribution in [2.45, 2.75) is 0 Å². The molecule has 0 N–H and O–H groups in total. The number of nitrogens with zero attached hydrogens (tertiary/aromatic N) is 2. The van der Waals surface area contributed by atoms with Crippen LogP contribution >= 0.6 is 0 Å². The first-order chi connectivity index (χ1) is 6.86. The van der Waals surface area contributed by atoms with Crippen LogP contribution in [0.25, 0.3) is 0 Å². The van der Waals surface area contributed by atoms with Gasteiger partial charge in [0.15, 0.2) is 5.76 Å². The number of allylic oxidation sites excluding steroid dienone is 3. The molecule has 4 heteroatoms. The molecule has 0 saturated carbocycles. The van der Waals surface area contributed by atoms with E-state index >= 15 is 0 Å². The van der Waals surface area contributed by atoms with Crippen molar-refractivity contribution < 1.29 is 9.53 Å². The Morgan fingerprint density at radius 3 is 3.29 bits per heavy atom. The SMILES string of the molecule is O=C1C=C2C=CCOC2=C2N=CN=C12. The third-order valence-corrected chi connectivity index (χ3v) is 2.22. The lowest BCUT2D eigenvalue weighted by Crippen LogP contribution is -2.21. The molecule has 2 aliphatic heterocycles. The minimum absolute atomic E-state index is 0.105. The largest absolute Gasteiger partial charge is 0.487 e. The quantitative estimate of drug-likeness (QED) is 0.525. The summed E-state index contributed by atoms with van der Waals surface area (Å²) in [6.07, 6.45) is 6.65. The first kappa shape index (κ1) is 7.44. The molecule has 0 aromatic rings. The minimum atomic E-state index is -0.105. The molecule has 14 heavy (non-hydrogen) atoms. The van der Waals surface area contributed by atoms with Crippen molar-refractivity contribution in [3.05, 3.63) is 35.3 Å². The summed E-state index contributed by atoms with van der Waals surface area (Å²) in [6, 6.07) is 0. The standard InChI is InChI=1S/C10H6N2O2/c13-7-4-6-2-1-3-14-10(6)9-8(7)11-5-12-9/h1-2,4-5H,3H2. The average molecular weight is 186 g/mol. The van der Waals surface area contributed by atoms with Gasteiger partial charge in [0, 0.05) is 5.57 Å². The van der Waals surface area contributed by atoms with E-state index in [-0.39, 0.29) is 5.78 Å². The summed E-state index contributed by atoms with van der Waals surface area (Å²) in [6.45, 7) is 0.521. The molecule has 0 saturated heterocycles. The third-order valence-electron chi connectivity index (χ3n) is 2.22. The Labute approximate surface area is 80.0 Å². The van der Waals surface area contributed by atoms with Gasteiger partial charge in [-0.1, -0.05) is 6.08 Å². The molecule has 0 fully saturated rings. The Hall–Kier alpha value is -1.97. The second-order valence-corrected chi connectivity index (χ2v) is 3.08. The molecule has 4 nitrogen and oxygen atoms in total. The average Bonchev–Trinajstić information content (AvgIpc) is 2.67. The molecule has 3 aliphatic rings. The van der Waals surface area contributed by atoms with Crippen molar-refractivity contribution in [3.8, 4) is 0 Å². The maximum atomic E-state index is 11.5. The fourth-order valence-electron chi connectivity index (χ4n) is 1.61. The van der Waals surface area contributed by atoms with Gasteiger partial charge in [-0.15, -0.1) is 0 Å². The molecule has 3 rings (SSSR count). The number of ketones is 1. The molecule has 0 bridgehead atoms. The van der Waals surface area contributed by atoms with E-state index in [0.29, 0.717) is 23.8 Å². The van der Waals surface area contributed by atoms with Gasteiger partial charge in [-0.2, -0.15) is 0 Å². The number of hydrogen-bond donors (Lipinski definition) is 0. The lowest BCUT2D eigenvalue weighted by Gasteiger charge is -2.19. The number of fused-ring (bicyclic) bond motifs is 2. The van der Waals surface area contributed by atoms with Crippen molar-refractivity contribution in [1.29, 1.82) is 0 Å². The van der Waals surface area contributed by atoms with Gasteiger partial charge in [0.2, 0.25) is 5.78 Å². The third kappa shape index (κ3) is 0.849.